The molecule has 0 aliphatic heterocycles. The summed E-state index contributed by atoms with van der Waals surface area (Å²) in [6.07, 6.45) is 1.33. The van der Waals surface area contributed by atoms with Gasteiger partial charge in [0.05, 0.1) is 9.86 Å². The van der Waals surface area contributed by atoms with Gasteiger partial charge in [0.2, 0.25) is 0 Å². The predicted octanol–water partition coefficient (Wildman–Crippen LogP) is 1.40. The van der Waals surface area contributed by atoms with Crippen LogP contribution in [0.2, 0.25) is 0 Å². The molecule has 0 aliphatic carbocycles. The lowest BCUT2D eigenvalue weighted by atomic mass is 10.3. The molecule has 0 atom stereocenters. The van der Waals surface area contributed by atoms with Crippen molar-refractivity contribution in [3.8, 4) is 0 Å². The lowest BCUT2D eigenvalue weighted by molar-refractivity contribution is -0.118. The molecule has 0 saturated carbocycles. The van der Waals surface area contributed by atoms with Gasteiger partial charge in [-0.15, -0.1) is 0 Å². The van der Waals surface area contributed by atoms with Gasteiger partial charge < -0.3 is 15.4 Å². The highest BCUT2D eigenvalue weighted by Crippen LogP contribution is 2.25. The summed E-state index contributed by atoms with van der Waals surface area (Å²) >= 11 is 3.01. The molecule has 2 heterocycles. The molecule has 2 aromatic rings. The van der Waals surface area contributed by atoms with E-state index in [1.807, 2.05) is 0 Å². The summed E-state index contributed by atoms with van der Waals surface area (Å²) in [7, 11) is 0. The number of aromatic amines is 1. The summed E-state index contributed by atoms with van der Waals surface area (Å²) in [5.41, 5.74) is 0.328. The number of rotatable bonds is 2. The molecule has 0 aromatic carbocycles. The Balaban J connectivity index is 2.44. The van der Waals surface area contributed by atoms with Crippen LogP contribution in [0.1, 0.15) is 0 Å². The van der Waals surface area contributed by atoms with Crippen molar-refractivity contribution in [2.75, 3.05) is 11.9 Å². The van der Waals surface area contributed by atoms with Gasteiger partial charge in [-0.25, -0.2) is 9.37 Å². The SMILES string of the molecule is O=C(CO)Nc1cc2c(F)c(Br)cnc2[nH]1. The smallest absolute Gasteiger partial charge is 0.251 e. The van der Waals surface area contributed by atoms with Crippen molar-refractivity contribution < 1.29 is 14.3 Å². The van der Waals surface area contributed by atoms with Gasteiger partial charge in [-0.1, -0.05) is 0 Å². The molecular weight excluding hydrogens is 281 g/mol. The number of carbonyl (C=O) groups excluding carboxylic acids is 1. The molecule has 0 unspecified atom stereocenters. The van der Waals surface area contributed by atoms with Crippen LogP contribution in [0.4, 0.5) is 10.2 Å². The fourth-order valence-corrected chi connectivity index (χ4v) is 1.59. The Morgan fingerprint density at radius 1 is 1.69 bits per heavy atom. The number of anilines is 1. The van der Waals surface area contributed by atoms with Crippen molar-refractivity contribution in [3.63, 3.8) is 0 Å². The first-order chi connectivity index (χ1) is 7.61. The Labute approximate surface area is 97.8 Å². The molecule has 0 aliphatic rings. The molecule has 84 valence electrons. The largest absolute Gasteiger partial charge is 0.387 e. The molecule has 2 aromatic heterocycles. The van der Waals surface area contributed by atoms with Crippen LogP contribution in [0.3, 0.4) is 0 Å². The summed E-state index contributed by atoms with van der Waals surface area (Å²) in [5, 5.41) is 11.2. The van der Waals surface area contributed by atoms with Crippen molar-refractivity contribution in [1.82, 2.24) is 9.97 Å². The molecule has 0 bridgehead atoms. The number of aromatic nitrogens is 2. The van der Waals surface area contributed by atoms with Crippen molar-refractivity contribution in [2.45, 2.75) is 0 Å². The Morgan fingerprint density at radius 3 is 3.12 bits per heavy atom. The number of hydrogen-bond donors (Lipinski definition) is 3. The maximum atomic E-state index is 13.6. The summed E-state index contributed by atoms with van der Waals surface area (Å²) < 4.78 is 13.8. The van der Waals surface area contributed by atoms with Gasteiger partial charge in [-0.3, -0.25) is 4.79 Å². The van der Waals surface area contributed by atoms with Crippen LogP contribution < -0.4 is 5.32 Å². The van der Waals surface area contributed by atoms with Crippen LogP contribution in [-0.4, -0.2) is 27.6 Å². The van der Waals surface area contributed by atoms with Crippen LogP contribution in [0, 0.1) is 5.82 Å². The van der Waals surface area contributed by atoms with Gasteiger partial charge in [-0.2, -0.15) is 0 Å². The van der Waals surface area contributed by atoms with Crippen molar-refractivity contribution in [3.05, 3.63) is 22.6 Å². The third kappa shape index (κ3) is 1.91. The molecule has 16 heavy (non-hydrogen) atoms. The fourth-order valence-electron chi connectivity index (χ4n) is 1.28. The monoisotopic (exact) mass is 287 g/mol. The van der Waals surface area contributed by atoms with Gasteiger partial charge in [0.25, 0.3) is 5.91 Å². The third-order valence-electron chi connectivity index (χ3n) is 1.97. The number of halogens is 2. The maximum absolute atomic E-state index is 13.6. The zero-order valence-electron chi connectivity index (χ0n) is 7.92. The quantitative estimate of drug-likeness (QED) is 0.781. The zero-order valence-corrected chi connectivity index (χ0v) is 9.51. The van der Waals surface area contributed by atoms with E-state index < -0.39 is 18.3 Å². The standard InChI is InChI=1S/C9H7BrFN3O2/c10-5-2-12-9-4(8(5)11)1-6(14-9)13-7(16)3-15/h1-2,15H,3H2,(H,12,14)(H,13,16). The zero-order chi connectivity index (χ0) is 11.7. The molecule has 2 rings (SSSR count). The minimum Gasteiger partial charge on any atom is -0.387 e. The van der Waals surface area contributed by atoms with Gasteiger partial charge in [-0.05, 0) is 22.0 Å². The number of aliphatic hydroxyl groups is 1. The van der Waals surface area contributed by atoms with Crippen molar-refractivity contribution >= 4 is 38.7 Å². The Hall–Kier alpha value is -1.47. The van der Waals surface area contributed by atoms with Gasteiger partial charge in [0.1, 0.15) is 23.9 Å². The van der Waals surface area contributed by atoms with E-state index in [-0.39, 0.29) is 9.86 Å². The highest BCUT2D eigenvalue weighted by atomic mass is 79.9. The number of carbonyl (C=O) groups is 1. The van der Waals surface area contributed by atoms with Crippen LogP contribution in [0.15, 0.2) is 16.7 Å². The van der Waals surface area contributed by atoms with Crippen LogP contribution in [-0.2, 0) is 4.79 Å². The van der Waals surface area contributed by atoms with E-state index in [1.54, 1.807) is 0 Å². The van der Waals surface area contributed by atoms with Gasteiger partial charge in [0.15, 0.2) is 0 Å². The number of aliphatic hydroxyl groups excluding tert-OH is 1. The van der Waals surface area contributed by atoms with Crippen molar-refractivity contribution in [2.24, 2.45) is 0 Å². The first kappa shape index (κ1) is 11.0. The predicted molar refractivity (Wildman–Crippen MR) is 59.5 cm³/mol. The summed E-state index contributed by atoms with van der Waals surface area (Å²) in [6, 6.07) is 1.41. The first-order valence-corrected chi connectivity index (χ1v) is 5.14. The van der Waals surface area contributed by atoms with Crippen molar-refractivity contribution in [1.29, 1.82) is 0 Å². The Bertz CT molecular complexity index is 555. The molecule has 0 saturated heterocycles. The second-order valence-electron chi connectivity index (χ2n) is 3.07. The van der Waals surface area contributed by atoms with E-state index in [9.17, 15) is 9.18 Å². The van der Waals surface area contributed by atoms with E-state index in [4.69, 9.17) is 5.11 Å². The number of pyridine rings is 1. The number of nitrogens with zero attached hydrogens (tertiary/aromatic N) is 1. The van der Waals surface area contributed by atoms with Gasteiger partial charge in [0, 0.05) is 6.20 Å². The Kier molecular flexibility index (Phi) is 2.88. The maximum Gasteiger partial charge on any atom is 0.251 e. The number of fused-ring (bicyclic) bond motifs is 1. The van der Waals surface area contributed by atoms with Crippen LogP contribution >= 0.6 is 15.9 Å². The van der Waals surface area contributed by atoms with Gasteiger partial charge >= 0.3 is 0 Å². The first-order valence-electron chi connectivity index (χ1n) is 4.35. The highest BCUT2D eigenvalue weighted by molar-refractivity contribution is 9.10. The van der Waals surface area contributed by atoms with E-state index in [2.05, 4.69) is 31.2 Å². The molecule has 1 amide bonds. The lowest BCUT2D eigenvalue weighted by Gasteiger charge is -1.96. The summed E-state index contributed by atoms with van der Waals surface area (Å²) in [4.78, 5) is 17.6. The van der Waals surface area contributed by atoms with Crippen LogP contribution in [0.25, 0.3) is 11.0 Å². The second kappa shape index (κ2) is 4.18. The van der Waals surface area contributed by atoms with E-state index in [0.717, 1.165) is 0 Å². The summed E-state index contributed by atoms with van der Waals surface area (Å²) in [5.74, 6) is -0.740. The molecular formula is C9H7BrFN3O2. The Morgan fingerprint density at radius 2 is 2.44 bits per heavy atom. The molecule has 0 radical (unpaired) electrons. The molecule has 7 heteroatoms. The average molecular weight is 288 g/mol. The van der Waals surface area contributed by atoms with Crippen LogP contribution in [0.5, 0.6) is 0 Å². The minimum atomic E-state index is -0.630. The fraction of sp³-hybridized carbons (Fsp3) is 0.111. The second-order valence-corrected chi connectivity index (χ2v) is 3.93. The highest BCUT2D eigenvalue weighted by Gasteiger charge is 2.11. The number of H-pyrrole nitrogens is 1. The third-order valence-corrected chi connectivity index (χ3v) is 2.52. The number of hydrogen-bond acceptors (Lipinski definition) is 3. The van der Waals surface area contributed by atoms with E-state index in [0.29, 0.717) is 11.5 Å². The number of nitrogens with one attached hydrogen (secondary N) is 2. The lowest BCUT2D eigenvalue weighted by Crippen LogP contribution is -2.15. The molecule has 5 nitrogen and oxygen atoms in total. The normalized spacial score (nSPS) is 10.7. The summed E-state index contributed by atoms with van der Waals surface area (Å²) in [6.45, 7) is -0.630. The topological polar surface area (TPSA) is 78.0 Å². The molecule has 0 fully saturated rings. The van der Waals surface area contributed by atoms with E-state index >= 15 is 0 Å². The molecule has 3 N–H and O–H groups in total. The number of amides is 1. The van der Waals surface area contributed by atoms with E-state index in [1.165, 1.54) is 12.3 Å². The minimum absolute atomic E-state index is 0.249. The molecule has 0 spiro atoms. The average Bonchev–Trinajstić information content (AvgIpc) is 2.67.